The molecule has 0 aromatic heterocycles. The third-order valence-corrected chi connectivity index (χ3v) is 4.58. The molecule has 0 radical (unpaired) electrons. The van der Waals surface area contributed by atoms with Crippen LogP contribution >= 0.6 is 47.8 Å². The van der Waals surface area contributed by atoms with Crippen molar-refractivity contribution < 1.29 is 4.74 Å². The quantitative estimate of drug-likeness (QED) is 0.579. The summed E-state index contributed by atoms with van der Waals surface area (Å²) in [7, 11) is 0. The average Bonchev–Trinajstić information content (AvgIpc) is 2.44. The van der Waals surface area contributed by atoms with Gasteiger partial charge < -0.3 is 10.1 Å². The lowest BCUT2D eigenvalue weighted by Crippen LogP contribution is -2.11. The Morgan fingerprint density at radius 1 is 1.00 bits per heavy atom. The number of hydrogen-bond acceptors (Lipinski definition) is 2. The number of rotatable bonds is 6. The van der Waals surface area contributed by atoms with E-state index in [2.05, 4.69) is 78.2 Å². The monoisotopic (exact) mass is 475 g/mol. The first-order valence-corrected chi connectivity index (χ1v) is 9.04. The fraction of sp³-hybridized carbons (Fsp3) is 0.250. The van der Waals surface area contributed by atoms with Crippen LogP contribution in [-0.2, 0) is 13.2 Å². The van der Waals surface area contributed by atoms with Crippen molar-refractivity contribution in [1.29, 1.82) is 0 Å². The van der Waals surface area contributed by atoms with E-state index in [-0.39, 0.29) is 0 Å². The molecule has 0 unspecified atom stereocenters. The smallest absolute Gasteiger partial charge is 0.148 e. The molecule has 0 amide bonds. The van der Waals surface area contributed by atoms with Crippen LogP contribution in [0.3, 0.4) is 0 Å². The topological polar surface area (TPSA) is 21.3 Å². The molecule has 0 aliphatic rings. The van der Waals surface area contributed by atoms with Gasteiger partial charge in [0, 0.05) is 11.0 Å². The molecular weight excluding hydrogens is 462 g/mol. The van der Waals surface area contributed by atoms with Crippen molar-refractivity contribution in [2.75, 3.05) is 6.54 Å². The second kappa shape index (κ2) is 8.32. The van der Waals surface area contributed by atoms with Crippen molar-refractivity contribution in [3.8, 4) is 5.75 Å². The maximum Gasteiger partial charge on any atom is 0.148 e. The molecule has 2 aromatic carbocycles. The maximum absolute atomic E-state index is 5.93. The molecule has 2 nitrogen and oxygen atoms in total. The third kappa shape index (κ3) is 5.09. The number of nitrogens with one attached hydrogen (secondary N) is 1. The Kier molecular flexibility index (Phi) is 6.74. The van der Waals surface area contributed by atoms with Crippen LogP contribution in [-0.4, -0.2) is 6.54 Å². The predicted octanol–water partition coefficient (Wildman–Crippen LogP) is 5.66. The zero-order valence-corrected chi connectivity index (χ0v) is 16.4. The fourth-order valence-corrected chi connectivity index (χ4v) is 3.86. The van der Waals surface area contributed by atoms with Crippen LogP contribution < -0.4 is 10.1 Å². The summed E-state index contributed by atoms with van der Waals surface area (Å²) < 4.78 is 8.91. The lowest BCUT2D eigenvalue weighted by Gasteiger charge is -2.13. The van der Waals surface area contributed by atoms with Crippen molar-refractivity contribution in [3.05, 3.63) is 60.9 Å². The van der Waals surface area contributed by atoms with Gasteiger partial charge in [-0.3, -0.25) is 0 Å². The van der Waals surface area contributed by atoms with Crippen LogP contribution in [0.5, 0.6) is 5.75 Å². The van der Waals surface area contributed by atoms with Crippen LogP contribution in [0.2, 0.25) is 0 Å². The molecule has 21 heavy (non-hydrogen) atoms. The van der Waals surface area contributed by atoms with Gasteiger partial charge in [-0.15, -0.1) is 0 Å². The van der Waals surface area contributed by atoms with Crippen molar-refractivity contribution in [3.63, 3.8) is 0 Å². The van der Waals surface area contributed by atoms with E-state index in [0.717, 1.165) is 37.8 Å². The largest absolute Gasteiger partial charge is 0.487 e. The van der Waals surface area contributed by atoms with Gasteiger partial charge in [0.1, 0.15) is 12.4 Å². The van der Waals surface area contributed by atoms with Crippen LogP contribution in [0.15, 0.2) is 49.8 Å². The first kappa shape index (κ1) is 17.0. The van der Waals surface area contributed by atoms with Crippen molar-refractivity contribution in [2.45, 2.75) is 20.1 Å². The zero-order chi connectivity index (χ0) is 15.2. The standard InChI is InChI=1S/C16H16Br3NO/c1-2-20-9-12-7-14(18)16(15(19)8-12)21-10-11-4-3-5-13(17)6-11/h3-8,20H,2,9-10H2,1H3. The molecule has 0 heterocycles. The minimum atomic E-state index is 0.531. The summed E-state index contributed by atoms with van der Waals surface area (Å²) in [5, 5.41) is 3.31. The molecule has 0 saturated carbocycles. The van der Waals surface area contributed by atoms with Crippen LogP contribution in [0.4, 0.5) is 0 Å². The molecule has 2 rings (SSSR count). The lowest BCUT2D eigenvalue weighted by molar-refractivity contribution is 0.302. The van der Waals surface area contributed by atoms with Gasteiger partial charge in [-0.2, -0.15) is 0 Å². The summed E-state index contributed by atoms with van der Waals surface area (Å²) in [6, 6.07) is 12.3. The van der Waals surface area contributed by atoms with Crippen LogP contribution in [0.1, 0.15) is 18.1 Å². The molecule has 0 aliphatic carbocycles. The minimum Gasteiger partial charge on any atom is -0.487 e. The Labute approximate surface area is 150 Å². The Morgan fingerprint density at radius 3 is 2.33 bits per heavy atom. The van der Waals surface area contributed by atoms with Crippen molar-refractivity contribution >= 4 is 47.8 Å². The number of hydrogen-bond donors (Lipinski definition) is 1. The molecule has 0 fully saturated rings. The van der Waals surface area contributed by atoms with Crippen LogP contribution in [0, 0.1) is 0 Å². The number of ether oxygens (including phenoxy) is 1. The van der Waals surface area contributed by atoms with Gasteiger partial charge in [0.05, 0.1) is 8.95 Å². The Bertz CT molecular complexity index is 593. The molecule has 0 spiro atoms. The number of benzene rings is 2. The van der Waals surface area contributed by atoms with E-state index in [4.69, 9.17) is 4.74 Å². The summed E-state index contributed by atoms with van der Waals surface area (Å²) in [5.41, 5.74) is 2.34. The Balaban J connectivity index is 2.09. The summed E-state index contributed by atoms with van der Waals surface area (Å²) in [6.45, 7) is 4.43. The second-order valence-electron chi connectivity index (χ2n) is 4.59. The third-order valence-electron chi connectivity index (χ3n) is 2.91. The van der Waals surface area contributed by atoms with E-state index >= 15 is 0 Å². The highest BCUT2D eigenvalue weighted by Gasteiger charge is 2.09. The summed E-state index contributed by atoms with van der Waals surface area (Å²) in [6.07, 6.45) is 0. The summed E-state index contributed by atoms with van der Waals surface area (Å²) in [4.78, 5) is 0. The van der Waals surface area contributed by atoms with E-state index < -0.39 is 0 Å². The SMILES string of the molecule is CCNCc1cc(Br)c(OCc2cccc(Br)c2)c(Br)c1. The highest BCUT2D eigenvalue weighted by atomic mass is 79.9. The van der Waals surface area contributed by atoms with Crippen molar-refractivity contribution in [2.24, 2.45) is 0 Å². The molecular formula is C16H16Br3NO. The normalized spacial score (nSPS) is 10.7. The van der Waals surface area contributed by atoms with Gasteiger partial charge in [-0.05, 0) is 73.8 Å². The van der Waals surface area contributed by atoms with E-state index in [1.165, 1.54) is 5.56 Å². The van der Waals surface area contributed by atoms with Gasteiger partial charge in [-0.25, -0.2) is 0 Å². The minimum absolute atomic E-state index is 0.531. The fourth-order valence-electron chi connectivity index (χ4n) is 1.90. The van der Waals surface area contributed by atoms with E-state index in [9.17, 15) is 0 Å². The number of halogens is 3. The average molecular weight is 478 g/mol. The highest BCUT2D eigenvalue weighted by Crippen LogP contribution is 2.35. The first-order valence-electron chi connectivity index (χ1n) is 6.66. The summed E-state index contributed by atoms with van der Waals surface area (Å²) in [5.74, 6) is 0.829. The zero-order valence-electron chi connectivity index (χ0n) is 11.6. The lowest BCUT2D eigenvalue weighted by atomic mass is 10.2. The van der Waals surface area contributed by atoms with Gasteiger partial charge in [0.2, 0.25) is 0 Å². The molecule has 112 valence electrons. The highest BCUT2D eigenvalue weighted by molar-refractivity contribution is 9.11. The molecule has 0 aliphatic heterocycles. The van der Waals surface area contributed by atoms with E-state index in [1.807, 2.05) is 18.2 Å². The molecule has 2 aromatic rings. The van der Waals surface area contributed by atoms with Crippen molar-refractivity contribution in [1.82, 2.24) is 5.32 Å². The van der Waals surface area contributed by atoms with Gasteiger partial charge in [0.25, 0.3) is 0 Å². The van der Waals surface area contributed by atoms with Gasteiger partial charge in [0.15, 0.2) is 0 Å². The summed E-state index contributed by atoms with van der Waals surface area (Å²) >= 11 is 10.6. The molecule has 5 heteroatoms. The Morgan fingerprint density at radius 2 is 1.71 bits per heavy atom. The first-order chi connectivity index (χ1) is 10.1. The molecule has 0 bridgehead atoms. The second-order valence-corrected chi connectivity index (χ2v) is 7.21. The predicted molar refractivity (Wildman–Crippen MR) is 97.7 cm³/mol. The van der Waals surface area contributed by atoms with Gasteiger partial charge in [-0.1, -0.05) is 35.0 Å². The molecule has 1 N–H and O–H groups in total. The molecule has 0 atom stereocenters. The van der Waals surface area contributed by atoms with Gasteiger partial charge >= 0.3 is 0 Å². The van der Waals surface area contributed by atoms with Crippen LogP contribution in [0.25, 0.3) is 0 Å². The molecule has 0 saturated heterocycles. The van der Waals surface area contributed by atoms with E-state index in [1.54, 1.807) is 0 Å². The maximum atomic E-state index is 5.93. The van der Waals surface area contributed by atoms with E-state index in [0.29, 0.717) is 6.61 Å². The Hall–Kier alpha value is -0.360.